The minimum absolute atomic E-state index is 0.0342. The maximum Gasteiger partial charge on any atom is 0.358 e. The smallest absolute Gasteiger partial charge is 0.358 e. The summed E-state index contributed by atoms with van der Waals surface area (Å²) < 4.78 is 4.93. The first-order chi connectivity index (χ1) is 8.41. The van der Waals surface area contributed by atoms with E-state index in [4.69, 9.17) is 21.2 Å². The van der Waals surface area contributed by atoms with Gasteiger partial charge in [-0.1, -0.05) is 16.8 Å². The van der Waals surface area contributed by atoms with Crippen molar-refractivity contribution in [3.63, 3.8) is 0 Å². The summed E-state index contributed by atoms with van der Waals surface area (Å²) in [6.07, 6.45) is 0. The van der Waals surface area contributed by atoms with Gasteiger partial charge >= 0.3 is 5.97 Å². The minimum Gasteiger partial charge on any atom is -0.507 e. The van der Waals surface area contributed by atoms with Crippen molar-refractivity contribution in [2.75, 3.05) is 0 Å². The Morgan fingerprint density at radius 3 is 2.61 bits per heavy atom. The van der Waals surface area contributed by atoms with Gasteiger partial charge in [-0.05, 0) is 25.5 Å². The first-order valence-corrected chi connectivity index (χ1v) is 5.48. The first-order valence-electron chi connectivity index (χ1n) is 5.11. The molecule has 1 heterocycles. The van der Waals surface area contributed by atoms with Crippen LogP contribution in [-0.2, 0) is 0 Å². The number of aryl methyl sites for hydroxylation is 1. The average molecular weight is 268 g/mol. The number of aromatic carboxylic acids is 1. The van der Waals surface area contributed by atoms with E-state index in [9.17, 15) is 9.90 Å². The molecule has 0 atom stereocenters. The molecule has 0 radical (unpaired) electrons. The van der Waals surface area contributed by atoms with E-state index in [1.165, 1.54) is 6.07 Å². The summed E-state index contributed by atoms with van der Waals surface area (Å²) in [6.45, 7) is 3.40. The number of carboxylic acid groups (broad SMARTS) is 1. The van der Waals surface area contributed by atoms with E-state index in [0.717, 1.165) is 0 Å². The Morgan fingerprint density at radius 2 is 2.06 bits per heavy atom. The third-order valence-corrected chi connectivity index (χ3v) is 3.06. The van der Waals surface area contributed by atoms with Crippen molar-refractivity contribution < 1.29 is 19.5 Å². The standard InChI is InChI=1S/C12H10ClNO4/c1-5-3-7(13)6(2)11(15)10(5)9-4-8(12(16)17)14-18-9/h3-4,15H,1-2H3,(H,16,17). The Balaban J connectivity index is 2.63. The number of phenols is 1. The van der Waals surface area contributed by atoms with Crippen LogP contribution in [0.25, 0.3) is 11.3 Å². The van der Waals surface area contributed by atoms with Crippen LogP contribution in [0.15, 0.2) is 16.7 Å². The zero-order chi connectivity index (χ0) is 13.4. The molecule has 0 amide bonds. The molecule has 1 aromatic heterocycles. The zero-order valence-electron chi connectivity index (χ0n) is 9.69. The van der Waals surface area contributed by atoms with Crippen molar-refractivity contribution in [1.29, 1.82) is 0 Å². The molecule has 0 saturated carbocycles. The van der Waals surface area contributed by atoms with E-state index >= 15 is 0 Å². The highest BCUT2D eigenvalue weighted by Crippen LogP contribution is 2.38. The Kier molecular flexibility index (Phi) is 3.00. The number of halogens is 1. The third-order valence-electron chi connectivity index (χ3n) is 2.66. The summed E-state index contributed by atoms with van der Waals surface area (Å²) in [5.74, 6) is -1.02. The number of carboxylic acids is 1. The Hall–Kier alpha value is -2.01. The lowest BCUT2D eigenvalue weighted by Gasteiger charge is -2.09. The van der Waals surface area contributed by atoms with Crippen molar-refractivity contribution in [3.8, 4) is 17.1 Å². The summed E-state index contributed by atoms with van der Waals surface area (Å²) in [5.41, 5.74) is 1.37. The predicted molar refractivity (Wildman–Crippen MR) is 65.0 cm³/mol. The van der Waals surface area contributed by atoms with Gasteiger partial charge in [-0.3, -0.25) is 0 Å². The fourth-order valence-electron chi connectivity index (χ4n) is 1.66. The highest BCUT2D eigenvalue weighted by Gasteiger charge is 2.19. The normalized spacial score (nSPS) is 10.6. The van der Waals surface area contributed by atoms with E-state index in [-0.39, 0.29) is 17.2 Å². The molecular weight excluding hydrogens is 258 g/mol. The largest absolute Gasteiger partial charge is 0.507 e. The lowest BCUT2D eigenvalue weighted by atomic mass is 10.0. The number of hydrogen-bond donors (Lipinski definition) is 2. The quantitative estimate of drug-likeness (QED) is 0.874. The van der Waals surface area contributed by atoms with Gasteiger partial charge in [0.2, 0.25) is 0 Å². The van der Waals surface area contributed by atoms with Gasteiger partial charge in [-0.25, -0.2) is 4.79 Å². The van der Waals surface area contributed by atoms with E-state index < -0.39 is 5.97 Å². The molecule has 0 saturated heterocycles. The van der Waals surface area contributed by atoms with Crippen molar-refractivity contribution in [2.24, 2.45) is 0 Å². The molecule has 6 heteroatoms. The fourth-order valence-corrected chi connectivity index (χ4v) is 1.92. The molecule has 2 aromatic rings. The monoisotopic (exact) mass is 267 g/mol. The summed E-state index contributed by atoms with van der Waals surface area (Å²) in [5, 5.41) is 22.7. The molecule has 0 aliphatic carbocycles. The number of aromatic hydroxyl groups is 1. The summed E-state index contributed by atoms with van der Waals surface area (Å²) in [4.78, 5) is 10.7. The van der Waals surface area contributed by atoms with E-state index in [2.05, 4.69) is 5.16 Å². The molecular formula is C12H10ClNO4. The van der Waals surface area contributed by atoms with Gasteiger partial charge in [0.15, 0.2) is 11.5 Å². The van der Waals surface area contributed by atoms with E-state index in [1.807, 2.05) is 0 Å². The van der Waals surface area contributed by atoms with Gasteiger partial charge < -0.3 is 14.7 Å². The topological polar surface area (TPSA) is 83.6 Å². The molecule has 1 aromatic carbocycles. The van der Waals surface area contributed by atoms with Gasteiger partial charge in [-0.15, -0.1) is 0 Å². The van der Waals surface area contributed by atoms with Gasteiger partial charge in [0.1, 0.15) is 5.75 Å². The second-order valence-corrected chi connectivity index (χ2v) is 4.31. The van der Waals surface area contributed by atoms with Crippen LogP contribution in [0.1, 0.15) is 21.6 Å². The van der Waals surface area contributed by atoms with Crippen LogP contribution in [0.4, 0.5) is 0 Å². The van der Waals surface area contributed by atoms with Crippen molar-refractivity contribution in [3.05, 3.63) is 34.0 Å². The molecule has 0 aliphatic rings. The number of benzene rings is 1. The molecule has 2 rings (SSSR count). The molecule has 0 bridgehead atoms. The lowest BCUT2D eigenvalue weighted by Crippen LogP contribution is -1.94. The number of hydrogen-bond acceptors (Lipinski definition) is 4. The number of phenolic OH excluding ortho intramolecular Hbond substituents is 1. The van der Waals surface area contributed by atoms with Crippen LogP contribution in [-0.4, -0.2) is 21.3 Å². The zero-order valence-corrected chi connectivity index (χ0v) is 10.4. The SMILES string of the molecule is Cc1cc(Cl)c(C)c(O)c1-c1cc(C(=O)O)no1. The van der Waals surface area contributed by atoms with Crippen molar-refractivity contribution in [2.45, 2.75) is 13.8 Å². The third kappa shape index (κ3) is 1.93. The van der Waals surface area contributed by atoms with Crippen molar-refractivity contribution in [1.82, 2.24) is 5.16 Å². The van der Waals surface area contributed by atoms with E-state index in [0.29, 0.717) is 21.7 Å². The second-order valence-electron chi connectivity index (χ2n) is 3.91. The average Bonchev–Trinajstić information content (AvgIpc) is 2.75. The molecule has 0 aliphatic heterocycles. The van der Waals surface area contributed by atoms with Crippen LogP contribution < -0.4 is 0 Å². The Bertz CT molecular complexity index is 633. The van der Waals surface area contributed by atoms with Crippen LogP contribution in [0.5, 0.6) is 5.75 Å². The summed E-state index contributed by atoms with van der Waals surface area (Å²) >= 11 is 5.93. The maximum absolute atomic E-state index is 10.7. The van der Waals surface area contributed by atoms with Crippen LogP contribution in [0.3, 0.4) is 0 Å². The maximum atomic E-state index is 10.7. The van der Waals surface area contributed by atoms with Gasteiger partial charge in [0.25, 0.3) is 0 Å². The summed E-state index contributed by atoms with van der Waals surface area (Å²) in [6, 6.07) is 2.94. The second kappa shape index (κ2) is 4.34. The van der Waals surface area contributed by atoms with Gasteiger partial charge in [-0.2, -0.15) is 0 Å². The highest BCUT2D eigenvalue weighted by atomic mass is 35.5. The molecule has 2 N–H and O–H groups in total. The lowest BCUT2D eigenvalue weighted by molar-refractivity contribution is 0.0686. The van der Waals surface area contributed by atoms with Gasteiger partial charge in [0, 0.05) is 16.7 Å². The van der Waals surface area contributed by atoms with Gasteiger partial charge in [0.05, 0.1) is 5.56 Å². The fraction of sp³-hybridized carbons (Fsp3) is 0.167. The number of rotatable bonds is 2. The Labute approximate surface area is 108 Å². The van der Waals surface area contributed by atoms with E-state index in [1.54, 1.807) is 19.9 Å². The molecule has 0 unspecified atom stereocenters. The predicted octanol–water partition coefficient (Wildman–Crippen LogP) is 3.02. The molecule has 18 heavy (non-hydrogen) atoms. The minimum atomic E-state index is -1.19. The first kappa shape index (κ1) is 12.4. The molecule has 0 spiro atoms. The van der Waals surface area contributed by atoms with Crippen molar-refractivity contribution >= 4 is 17.6 Å². The number of aromatic nitrogens is 1. The molecule has 94 valence electrons. The number of carbonyl (C=O) groups is 1. The molecule has 0 fully saturated rings. The highest BCUT2D eigenvalue weighted by molar-refractivity contribution is 6.31. The summed E-state index contributed by atoms with van der Waals surface area (Å²) in [7, 11) is 0. The Morgan fingerprint density at radius 1 is 1.39 bits per heavy atom. The number of nitrogens with zero attached hydrogens (tertiary/aromatic N) is 1. The van der Waals surface area contributed by atoms with Crippen LogP contribution in [0.2, 0.25) is 5.02 Å². The van der Waals surface area contributed by atoms with Crippen LogP contribution >= 0.6 is 11.6 Å². The molecule has 5 nitrogen and oxygen atoms in total. The van der Waals surface area contributed by atoms with Crippen LogP contribution in [0, 0.1) is 13.8 Å².